The maximum absolute atomic E-state index is 12.2. The summed E-state index contributed by atoms with van der Waals surface area (Å²) in [5, 5.41) is 2.99. The third-order valence-electron chi connectivity index (χ3n) is 5.34. The van der Waals surface area contributed by atoms with Crippen molar-refractivity contribution in [2.24, 2.45) is 5.41 Å². The number of piperazine rings is 1. The maximum Gasteiger partial charge on any atom is 0.229 e. The molecule has 0 bridgehead atoms. The fraction of sp³-hybridized carbons (Fsp3) is 0.458. The lowest BCUT2D eigenvalue weighted by molar-refractivity contribution is -0.123. The third-order valence-corrected chi connectivity index (χ3v) is 5.34. The molecular formula is C24H33N5O2. The maximum atomic E-state index is 12.2. The molecule has 1 aromatic heterocycles. The van der Waals surface area contributed by atoms with E-state index in [1.165, 1.54) is 0 Å². The summed E-state index contributed by atoms with van der Waals surface area (Å²) >= 11 is 0. The summed E-state index contributed by atoms with van der Waals surface area (Å²) in [6.45, 7) is 17.8. The van der Waals surface area contributed by atoms with Crippen molar-refractivity contribution in [1.82, 2.24) is 14.9 Å². The molecule has 2 heterocycles. The Labute approximate surface area is 185 Å². The molecular weight excluding hydrogens is 390 g/mol. The fourth-order valence-electron chi connectivity index (χ4n) is 3.27. The highest BCUT2D eigenvalue weighted by atomic mass is 16.5. The van der Waals surface area contributed by atoms with E-state index in [-0.39, 0.29) is 5.91 Å². The summed E-state index contributed by atoms with van der Waals surface area (Å²) in [6, 6.07) is 5.90. The predicted octanol–water partition coefficient (Wildman–Crippen LogP) is 4.00. The Morgan fingerprint density at radius 3 is 2.35 bits per heavy atom. The zero-order chi connectivity index (χ0) is 22.6. The summed E-state index contributed by atoms with van der Waals surface area (Å²) in [5.41, 5.74) is 3.51. The van der Waals surface area contributed by atoms with Gasteiger partial charge in [0.1, 0.15) is 6.61 Å². The fourth-order valence-corrected chi connectivity index (χ4v) is 3.27. The van der Waals surface area contributed by atoms with E-state index in [2.05, 4.69) is 31.7 Å². The minimum absolute atomic E-state index is 0.00196. The summed E-state index contributed by atoms with van der Waals surface area (Å²) in [4.78, 5) is 25.6. The van der Waals surface area contributed by atoms with Gasteiger partial charge < -0.3 is 19.9 Å². The molecule has 31 heavy (non-hydrogen) atoms. The van der Waals surface area contributed by atoms with E-state index in [1.54, 1.807) is 12.4 Å². The summed E-state index contributed by atoms with van der Waals surface area (Å²) in [7, 11) is 0. The van der Waals surface area contributed by atoms with Gasteiger partial charge >= 0.3 is 0 Å². The minimum atomic E-state index is -0.432. The van der Waals surface area contributed by atoms with Crippen LogP contribution in [0.15, 0.2) is 42.9 Å². The number of aromatic nitrogens is 2. The van der Waals surface area contributed by atoms with Crippen LogP contribution in [0, 0.1) is 12.3 Å². The number of carbonyl (C=O) groups is 1. The lowest BCUT2D eigenvalue weighted by Crippen LogP contribution is -2.45. The first kappa shape index (κ1) is 22.6. The van der Waals surface area contributed by atoms with Crippen molar-refractivity contribution in [3.05, 3.63) is 54.0 Å². The molecule has 1 N–H and O–H groups in total. The molecule has 0 unspecified atom stereocenters. The second-order valence-corrected chi connectivity index (χ2v) is 9.07. The lowest BCUT2D eigenvalue weighted by atomic mass is 9.95. The van der Waals surface area contributed by atoms with Crippen LogP contribution in [-0.4, -0.2) is 47.0 Å². The smallest absolute Gasteiger partial charge is 0.229 e. The van der Waals surface area contributed by atoms with E-state index >= 15 is 0 Å². The summed E-state index contributed by atoms with van der Waals surface area (Å²) < 4.78 is 5.86. The van der Waals surface area contributed by atoms with Crippen LogP contribution in [0.3, 0.4) is 0 Å². The molecule has 7 nitrogen and oxygen atoms in total. The molecule has 1 amide bonds. The van der Waals surface area contributed by atoms with Gasteiger partial charge in [-0.3, -0.25) is 4.79 Å². The second kappa shape index (κ2) is 9.37. The molecule has 0 spiro atoms. The van der Waals surface area contributed by atoms with Gasteiger partial charge in [-0.25, -0.2) is 9.97 Å². The molecule has 0 radical (unpaired) electrons. The Bertz CT molecular complexity index is 926. The van der Waals surface area contributed by atoms with Gasteiger partial charge in [0, 0.05) is 43.0 Å². The molecule has 0 atom stereocenters. The van der Waals surface area contributed by atoms with Crippen LogP contribution in [0.1, 0.15) is 38.8 Å². The average molecular weight is 424 g/mol. The largest absolute Gasteiger partial charge is 0.486 e. The van der Waals surface area contributed by atoms with Crippen LogP contribution < -0.4 is 15.0 Å². The predicted molar refractivity (Wildman–Crippen MR) is 124 cm³/mol. The van der Waals surface area contributed by atoms with Crippen LogP contribution in [-0.2, 0) is 11.4 Å². The highest BCUT2D eigenvalue weighted by molar-refractivity contribution is 5.95. The zero-order valence-corrected chi connectivity index (χ0v) is 19.2. The Hall–Kier alpha value is -3.09. The first-order chi connectivity index (χ1) is 14.6. The van der Waals surface area contributed by atoms with Crippen LogP contribution in [0.4, 0.5) is 11.6 Å². The van der Waals surface area contributed by atoms with E-state index in [4.69, 9.17) is 4.74 Å². The third kappa shape index (κ3) is 5.96. The highest BCUT2D eigenvalue weighted by Crippen LogP contribution is 2.22. The van der Waals surface area contributed by atoms with Gasteiger partial charge in [-0.1, -0.05) is 39.5 Å². The van der Waals surface area contributed by atoms with Gasteiger partial charge in [0.25, 0.3) is 0 Å². The minimum Gasteiger partial charge on any atom is -0.486 e. The molecule has 1 aromatic carbocycles. The lowest BCUT2D eigenvalue weighted by Gasteiger charge is -2.36. The number of benzene rings is 1. The van der Waals surface area contributed by atoms with Crippen molar-refractivity contribution in [2.75, 3.05) is 36.4 Å². The standard InChI is InChI=1S/C24H33N5O2/c1-17(2)28-9-11-29(12-10-28)23-25-14-20(15-26-23)31-16-19-7-8-21(18(3)13-19)27-22(30)24(4,5)6/h7-8,13-15H,1,9-12,16H2,2-6H3,(H,27,30). The SMILES string of the molecule is C=C(C)N1CCN(c2ncc(OCc3ccc(NC(=O)C(C)(C)C)c(C)c3)cn2)CC1. The molecule has 166 valence electrons. The highest BCUT2D eigenvalue weighted by Gasteiger charge is 2.22. The van der Waals surface area contributed by atoms with Crippen LogP contribution in [0.2, 0.25) is 0 Å². The van der Waals surface area contributed by atoms with Crippen LogP contribution in [0.5, 0.6) is 5.75 Å². The molecule has 7 heteroatoms. The van der Waals surface area contributed by atoms with Crippen molar-refractivity contribution in [3.8, 4) is 5.75 Å². The Kier molecular flexibility index (Phi) is 6.83. The average Bonchev–Trinajstić information content (AvgIpc) is 2.73. The molecule has 1 fully saturated rings. The number of rotatable bonds is 6. The number of anilines is 2. The first-order valence-electron chi connectivity index (χ1n) is 10.6. The number of aryl methyl sites for hydroxylation is 1. The Morgan fingerprint density at radius 1 is 1.16 bits per heavy atom. The number of nitrogens with one attached hydrogen (secondary N) is 1. The molecule has 0 aliphatic carbocycles. The topological polar surface area (TPSA) is 70.6 Å². The Morgan fingerprint density at radius 2 is 1.81 bits per heavy atom. The van der Waals surface area contributed by atoms with Crippen LogP contribution in [0.25, 0.3) is 0 Å². The van der Waals surface area contributed by atoms with Gasteiger partial charge in [0.15, 0.2) is 5.75 Å². The van der Waals surface area contributed by atoms with Crippen molar-refractivity contribution < 1.29 is 9.53 Å². The first-order valence-corrected chi connectivity index (χ1v) is 10.6. The van der Waals surface area contributed by atoms with E-state index in [9.17, 15) is 4.79 Å². The molecule has 3 rings (SSSR count). The van der Waals surface area contributed by atoms with E-state index in [0.29, 0.717) is 12.4 Å². The van der Waals surface area contributed by atoms with Gasteiger partial charge in [-0.05, 0) is 31.0 Å². The van der Waals surface area contributed by atoms with E-state index in [1.807, 2.05) is 52.8 Å². The monoisotopic (exact) mass is 423 g/mol. The zero-order valence-electron chi connectivity index (χ0n) is 19.2. The van der Waals surface area contributed by atoms with Gasteiger partial charge in [-0.15, -0.1) is 0 Å². The number of ether oxygens (including phenoxy) is 1. The number of amides is 1. The second-order valence-electron chi connectivity index (χ2n) is 9.07. The van der Waals surface area contributed by atoms with Gasteiger partial charge in [0.2, 0.25) is 11.9 Å². The number of allylic oxidation sites excluding steroid dienone is 1. The summed E-state index contributed by atoms with van der Waals surface area (Å²) in [5.74, 6) is 1.36. The molecule has 2 aromatic rings. The molecule has 1 aliphatic heterocycles. The van der Waals surface area contributed by atoms with Crippen molar-refractivity contribution >= 4 is 17.5 Å². The molecule has 1 saturated heterocycles. The van der Waals surface area contributed by atoms with E-state index in [0.717, 1.165) is 54.6 Å². The quantitative estimate of drug-likeness (QED) is 0.757. The normalized spacial score (nSPS) is 14.4. The summed E-state index contributed by atoms with van der Waals surface area (Å²) in [6.07, 6.45) is 3.44. The van der Waals surface area contributed by atoms with Crippen molar-refractivity contribution in [1.29, 1.82) is 0 Å². The van der Waals surface area contributed by atoms with Crippen LogP contribution >= 0.6 is 0 Å². The molecule has 1 aliphatic rings. The number of hydrogen-bond acceptors (Lipinski definition) is 6. The molecule has 0 saturated carbocycles. The Balaban J connectivity index is 1.54. The number of hydrogen-bond donors (Lipinski definition) is 1. The number of nitrogens with zero attached hydrogens (tertiary/aromatic N) is 4. The van der Waals surface area contributed by atoms with Gasteiger partial charge in [-0.2, -0.15) is 0 Å². The van der Waals surface area contributed by atoms with Crippen molar-refractivity contribution in [3.63, 3.8) is 0 Å². The number of carbonyl (C=O) groups excluding carboxylic acids is 1. The van der Waals surface area contributed by atoms with Crippen molar-refractivity contribution in [2.45, 2.75) is 41.2 Å². The van der Waals surface area contributed by atoms with E-state index < -0.39 is 5.41 Å². The van der Waals surface area contributed by atoms with Gasteiger partial charge in [0.05, 0.1) is 12.4 Å².